The molecule has 1 aromatic carbocycles. The fraction of sp³-hybridized carbons (Fsp3) is 0.0909. The van der Waals surface area contributed by atoms with Crippen LogP contribution in [-0.4, -0.2) is 31.6 Å². The van der Waals surface area contributed by atoms with Crippen LogP contribution >= 0.6 is 11.3 Å². The third-order valence-electron chi connectivity index (χ3n) is 2.28. The lowest BCUT2D eigenvalue weighted by atomic mass is 10.3. The summed E-state index contributed by atoms with van der Waals surface area (Å²) >= 11 is 0.811. The smallest absolute Gasteiger partial charge is 0.358 e. The second-order valence-electron chi connectivity index (χ2n) is 3.63. The summed E-state index contributed by atoms with van der Waals surface area (Å²) in [5.41, 5.74) is 1.24. The van der Waals surface area contributed by atoms with Crippen molar-refractivity contribution >= 4 is 33.0 Å². The third-order valence-corrected chi connectivity index (χ3v) is 5.03. The molecule has 106 valence electrons. The minimum absolute atomic E-state index is 0.0148. The molecule has 20 heavy (non-hydrogen) atoms. The molecule has 0 spiro atoms. The number of hydrogen-bond donors (Lipinski definition) is 2. The number of aromatic hydroxyl groups is 1. The fourth-order valence-corrected chi connectivity index (χ4v) is 3.58. The van der Waals surface area contributed by atoms with Crippen molar-refractivity contribution in [2.45, 2.75) is 4.21 Å². The largest absolute Gasteiger partial charge is 0.508 e. The maximum Gasteiger partial charge on any atom is 0.358 e. The normalized spacial score (nSPS) is 11.1. The molecule has 0 saturated heterocycles. The Morgan fingerprint density at radius 2 is 2.00 bits per heavy atom. The zero-order valence-electron chi connectivity index (χ0n) is 10.2. The highest BCUT2D eigenvalue weighted by Gasteiger charge is 2.26. The molecule has 9 heteroatoms. The zero-order chi connectivity index (χ0) is 14.8. The Bertz CT molecular complexity index is 722. The van der Waals surface area contributed by atoms with Crippen molar-refractivity contribution in [1.29, 1.82) is 0 Å². The summed E-state index contributed by atoms with van der Waals surface area (Å²) in [6, 6.07) is 5.47. The van der Waals surface area contributed by atoms with Crippen LogP contribution in [0.15, 0.2) is 34.0 Å². The van der Waals surface area contributed by atoms with Gasteiger partial charge in [0.05, 0.1) is 12.6 Å². The number of nitrogens with zero attached hydrogens (tertiary/aromatic N) is 1. The predicted octanol–water partition coefficient (Wildman–Crippen LogP) is 1.44. The third kappa shape index (κ3) is 2.89. The molecule has 7 nitrogen and oxygen atoms in total. The van der Waals surface area contributed by atoms with Crippen molar-refractivity contribution in [3.8, 4) is 5.75 Å². The van der Waals surface area contributed by atoms with E-state index in [1.807, 2.05) is 0 Å². The molecule has 0 saturated carbocycles. The highest BCUT2D eigenvalue weighted by Crippen LogP contribution is 2.24. The Kier molecular flexibility index (Phi) is 3.91. The maximum atomic E-state index is 12.2. The van der Waals surface area contributed by atoms with Gasteiger partial charge in [0.15, 0.2) is 9.90 Å². The molecule has 0 radical (unpaired) electrons. The molecule has 0 aliphatic rings. The average Bonchev–Trinajstić information content (AvgIpc) is 2.90. The van der Waals surface area contributed by atoms with Crippen LogP contribution in [0.1, 0.15) is 10.5 Å². The molecule has 2 aromatic rings. The Morgan fingerprint density at radius 3 is 2.60 bits per heavy atom. The first-order valence-electron chi connectivity index (χ1n) is 5.27. The number of phenols is 1. The number of carbonyl (C=O) groups is 1. The van der Waals surface area contributed by atoms with Gasteiger partial charge in [-0.05, 0) is 24.3 Å². The number of aromatic nitrogens is 1. The summed E-state index contributed by atoms with van der Waals surface area (Å²) in [5, 5.41) is 9.14. The lowest BCUT2D eigenvalue weighted by Crippen LogP contribution is -2.16. The number of hydrogen-bond acceptors (Lipinski definition) is 7. The second kappa shape index (κ2) is 5.47. The predicted molar refractivity (Wildman–Crippen MR) is 72.4 cm³/mol. The van der Waals surface area contributed by atoms with E-state index in [0.717, 1.165) is 18.4 Å². The van der Waals surface area contributed by atoms with Gasteiger partial charge in [0.25, 0.3) is 10.0 Å². The first kappa shape index (κ1) is 14.3. The molecule has 1 heterocycles. The topological polar surface area (TPSA) is 106 Å². The number of anilines is 1. The molecule has 0 bridgehead atoms. The number of esters is 1. The highest BCUT2D eigenvalue weighted by atomic mass is 32.2. The van der Waals surface area contributed by atoms with Gasteiger partial charge in [-0.2, -0.15) is 0 Å². The van der Waals surface area contributed by atoms with Gasteiger partial charge in [0, 0.05) is 5.69 Å². The van der Waals surface area contributed by atoms with Gasteiger partial charge in [-0.3, -0.25) is 4.72 Å². The minimum Gasteiger partial charge on any atom is -0.508 e. The molecule has 0 unspecified atom stereocenters. The number of thiazole rings is 1. The van der Waals surface area contributed by atoms with Crippen molar-refractivity contribution in [3.63, 3.8) is 0 Å². The van der Waals surface area contributed by atoms with Gasteiger partial charge in [-0.1, -0.05) is 0 Å². The monoisotopic (exact) mass is 314 g/mol. The first-order valence-corrected chi connectivity index (χ1v) is 7.64. The summed E-state index contributed by atoms with van der Waals surface area (Å²) in [7, 11) is -2.80. The van der Waals surface area contributed by atoms with Crippen LogP contribution < -0.4 is 4.72 Å². The lowest BCUT2D eigenvalue weighted by molar-refractivity contribution is 0.0590. The average molecular weight is 314 g/mol. The van der Waals surface area contributed by atoms with E-state index in [9.17, 15) is 13.2 Å². The quantitative estimate of drug-likeness (QED) is 0.653. The van der Waals surface area contributed by atoms with Crippen molar-refractivity contribution in [2.24, 2.45) is 0 Å². The summed E-state index contributed by atoms with van der Waals surface area (Å²) in [5.74, 6) is -0.807. The summed E-state index contributed by atoms with van der Waals surface area (Å²) in [4.78, 5) is 15.1. The van der Waals surface area contributed by atoms with E-state index in [2.05, 4.69) is 14.4 Å². The van der Waals surface area contributed by atoms with Gasteiger partial charge >= 0.3 is 5.97 Å². The van der Waals surface area contributed by atoms with Gasteiger partial charge in [0.2, 0.25) is 0 Å². The number of phenolic OH excluding ortho intramolecular Hbond substituents is 1. The Labute approximate surface area is 118 Å². The number of ether oxygens (including phenoxy) is 1. The molecule has 1 aromatic heterocycles. The van der Waals surface area contributed by atoms with Crippen LogP contribution in [0, 0.1) is 0 Å². The van der Waals surface area contributed by atoms with Gasteiger partial charge in [0.1, 0.15) is 5.75 Å². The van der Waals surface area contributed by atoms with Crippen molar-refractivity contribution in [3.05, 3.63) is 35.5 Å². The van der Waals surface area contributed by atoms with E-state index in [0.29, 0.717) is 0 Å². The number of sulfonamides is 1. The standard InChI is InChI=1S/C11H10N2O5S2/c1-18-10(15)9-11(19-6-12-9)20(16,17)13-7-2-4-8(14)5-3-7/h2-6,13-14H,1H3. The minimum atomic E-state index is -3.95. The van der Waals surface area contributed by atoms with E-state index >= 15 is 0 Å². The number of rotatable bonds is 4. The van der Waals surface area contributed by atoms with E-state index in [1.54, 1.807) is 0 Å². The molecular weight excluding hydrogens is 304 g/mol. The van der Waals surface area contributed by atoms with Gasteiger partial charge in [-0.15, -0.1) is 11.3 Å². The molecule has 0 amide bonds. The van der Waals surface area contributed by atoms with Crippen LogP contribution in [0.3, 0.4) is 0 Å². The molecule has 2 rings (SSSR count). The van der Waals surface area contributed by atoms with Crippen LogP contribution in [0.2, 0.25) is 0 Å². The lowest BCUT2D eigenvalue weighted by Gasteiger charge is -2.07. The molecule has 0 aliphatic carbocycles. The van der Waals surface area contributed by atoms with Crippen LogP contribution in [0.25, 0.3) is 0 Å². The molecule has 0 fully saturated rings. The van der Waals surface area contributed by atoms with Crippen LogP contribution in [0.4, 0.5) is 5.69 Å². The number of carbonyl (C=O) groups excluding carboxylic acids is 1. The Hall–Kier alpha value is -2.13. The van der Waals surface area contributed by atoms with E-state index in [1.165, 1.54) is 29.8 Å². The number of methoxy groups -OCH3 is 1. The number of nitrogens with one attached hydrogen (secondary N) is 1. The fourth-order valence-electron chi connectivity index (χ4n) is 1.39. The van der Waals surface area contributed by atoms with Crippen molar-refractivity contribution in [2.75, 3.05) is 11.8 Å². The van der Waals surface area contributed by atoms with Crippen LogP contribution in [-0.2, 0) is 14.8 Å². The maximum absolute atomic E-state index is 12.2. The van der Waals surface area contributed by atoms with Gasteiger partial charge < -0.3 is 9.84 Å². The Balaban J connectivity index is 2.34. The summed E-state index contributed by atoms with van der Waals surface area (Å²) in [6.07, 6.45) is 0. The molecule has 0 aliphatic heterocycles. The van der Waals surface area contributed by atoms with E-state index in [-0.39, 0.29) is 21.3 Å². The molecular formula is C11H10N2O5S2. The number of benzene rings is 1. The SMILES string of the molecule is COC(=O)c1ncsc1S(=O)(=O)Nc1ccc(O)cc1. The van der Waals surface area contributed by atoms with Crippen molar-refractivity contribution < 1.29 is 23.1 Å². The highest BCUT2D eigenvalue weighted by molar-refractivity contribution is 7.94. The Morgan fingerprint density at radius 1 is 1.35 bits per heavy atom. The molecule has 2 N–H and O–H groups in total. The van der Waals surface area contributed by atoms with E-state index < -0.39 is 16.0 Å². The summed E-state index contributed by atoms with van der Waals surface area (Å²) < 4.78 is 30.9. The summed E-state index contributed by atoms with van der Waals surface area (Å²) in [6.45, 7) is 0. The van der Waals surface area contributed by atoms with Crippen molar-refractivity contribution in [1.82, 2.24) is 4.98 Å². The molecule has 0 atom stereocenters. The van der Waals surface area contributed by atoms with Crippen LogP contribution in [0.5, 0.6) is 5.75 Å². The first-order chi connectivity index (χ1) is 9.44. The van der Waals surface area contributed by atoms with E-state index in [4.69, 9.17) is 5.11 Å². The van der Waals surface area contributed by atoms with Gasteiger partial charge in [-0.25, -0.2) is 18.2 Å². The second-order valence-corrected chi connectivity index (χ2v) is 6.36. The zero-order valence-corrected chi connectivity index (χ0v) is 11.9.